The lowest BCUT2D eigenvalue weighted by atomic mass is 10.2. The maximum Gasteiger partial charge on any atom is 0.251 e. The molecule has 0 unspecified atom stereocenters. The number of sulfonamides is 2. The van der Waals surface area contributed by atoms with Gasteiger partial charge in [-0.2, -0.15) is 4.31 Å². The Hall–Kier alpha value is -2.47. The first-order valence-electron chi connectivity index (χ1n) is 10.2. The Bertz CT molecular complexity index is 1170. The summed E-state index contributed by atoms with van der Waals surface area (Å²) in [5, 5.41) is 2.63. The molecule has 1 fully saturated rings. The summed E-state index contributed by atoms with van der Waals surface area (Å²) in [7, 11) is -6.19. The van der Waals surface area contributed by atoms with Crippen LogP contribution < -0.4 is 14.8 Å². The summed E-state index contributed by atoms with van der Waals surface area (Å²) >= 11 is 0. The zero-order valence-electron chi connectivity index (χ0n) is 18.0. The molecule has 0 atom stereocenters. The molecule has 11 heteroatoms. The van der Waals surface area contributed by atoms with E-state index >= 15 is 0 Å². The van der Waals surface area contributed by atoms with Crippen molar-refractivity contribution in [1.29, 1.82) is 0 Å². The number of hydrogen-bond donors (Lipinski definition) is 2. The van der Waals surface area contributed by atoms with Gasteiger partial charge in [0.2, 0.25) is 20.0 Å². The average Bonchev–Trinajstić information content (AvgIpc) is 3.34. The summed E-state index contributed by atoms with van der Waals surface area (Å²) < 4.78 is 60.1. The Kier molecular flexibility index (Phi) is 7.55. The van der Waals surface area contributed by atoms with Crippen molar-refractivity contribution in [3.05, 3.63) is 53.6 Å². The summed E-state index contributed by atoms with van der Waals surface area (Å²) in [6.07, 6.45) is 1.70. The molecule has 0 aromatic heterocycles. The smallest absolute Gasteiger partial charge is 0.251 e. The Balaban J connectivity index is 1.76. The number of nitrogens with zero attached hydrogens (tertiary/aromatic N) is 1. The third kappa shape index (κ3) is 5.29. The summed E-state index contributed by atoms with van der Waals surface area (Å²) in [6, 6.07) is 10.3. The zero-order valence-corrected chi connectivity index (χ0v) is 19.6. The molecule has 0 bridgehead atoms. The molecule has 3 rings (SSSR count). The van der Waals surface area contributed by atoms with Gasteiger partial charge >= 0.3 is 0 Å². The predicted molar refractivity (Wildman–Crippen MR) is 119 cm³/mol. The van der Waals surface area contributed by atoms with Gasteiger partial charge in [-0.25, -0.2) is 21.6 Å². The second-order valence-corrected chi connectivity index (χ2v) is 11.0. The predicted octanol–water partition coefficient (Wildman–Crippen LogP) is 1.71. The molecule has 1 saturated heterocycles. The van der Waals surface area contributed by atoms with E-state index in [9.17, 15) is 21.6 Å². The van der Waals surface area contributed by atoms with Gasteiger partial charge in [-0.15, -0.1) is 0 Å². The molecule has 1 amide bonds. The molecule has 9 nitrogen and oxygen atoms in total. The van der Waals surface area contributed by atoms with Crippen LogP contribution in [0, 0.1) is 0 Å². The van der Waals surface area contributed by atoms with E-state index in [0.29, 0.717) is 25.2 Å². The Morgan fingerprint density at radius 2 is 1.69 bits per heavy atom. The van der Waals surface area contributed by atoms with Crippen LogP contribution >= 0.6 is 0 Å². The first-order chi connectivity index (χ1) is 15.2. The number of methoxy groups -OCH3 is 1. The first kappa shape index (κ1) is 24.2. The van der Waals surface area contributed by atoms with Crippen molar-refractivity contribution < 1.29 is 26.4 Å². The maximum atomic E-state index is 12.9. The molecule has 0 radical (unpaired) electrons. The van der Waals surface area contributed by atoms with E-state index in [1.807, 2.05) is 0 Å². The molecule has 174 valence electrons. The molecular weight excluding hydrogens is 454 g/mol. The minimum absolute atomic E-state index is 0.0546. The third-order valence-corrected chi connectivity index (χ3v) is 8.48. The number of rotatable bonds is 9. The summed E-state index contributed by atoms with van der Waals surface area (Å²) in [6.45, 7) is 3.15. The van der Waals surface area contributed by atoms with E-state index in [-0.39, 0.29) is 33.6 Å². The lowest BCUT2D eigenvalue weighted by Gasteiger charge is -2.16. The van der Waals surface area contributed by atoms with E-state index in [4.69, 9.17) is 4.74 Å². The minimum Gasteiger partial charge on any atom is -0.495 e. The summed E-state index contributed by atoms with van der Waals surface area (Å²) in [4.78, 5) is 12.1. The van der Waals surface area contributed by atoms with E-state index in [1.54, 1.807) is 19.1 Å². The lowest BCUT2D eigenvalue weighted by molar-refractivity contribution is 0.0955. The van der Waals surface area contributed by atoms with Crippen LogP contribution in [0.3, 0.4) is 0 Å². The second kappa shape index (κ2) is 9.99. The molecule has 0 aliphatic carbocycles. The fourth-order valence-electron chi connectivity index (χ4n) is 3.40. The van der Waals surface area contributed by atoms with Crippen LogP contribution in [-0.2, 0) is 26.6 Å². The number of benzene rings is 2. The van der Waals surface area contributed by atoms with Crippen LogP contribution in [0.2, 0.25) is 0 Å². The highest BCUT2D eigenvalue weighted by Crippen LogP contribution is 2.25. The van der Waals surface area contributed by atoms with Crippen molar-refractivity contribution in [2.75, 3.05) is 26.7 Å². The van der Waals surface area contributed by atoms with E-state index < -0.39 is 20.0 Å². The number of carbonyl (C=O) groups is 1. The summed E-state index contributed by atoms with van der Waals surface area (Å²) in [5.74, 6) is -0.279. The molecular formula is C21H27N3O6S2. The van der Waals surface area contributed by atoms with E-state index in [2.05, 4.69) is 10.0 Å². The van der Waals surface area contributed by atoms with Crippen molar-refractivity contribution >= 4 is 26.0 Å². The van der Waals surface area contributed by atoms with E-state index in [0.717, 1.165) is 12.8 Å². The van der Waals surface area contributed by atoms with Gasteiger partial charge in [0.25, 0.3) is 5.91 Å². The quantitative estimate of drug-likeness (QED) is 0.562. The van der Waals surface area contributed by atoms with Gasteiger partial charge in [-0.1, -0.05) is 12.1 Å². The first-order valence-corrected chi connectivity index (χ1v) is 13.2. The van der Waals surface area contributed by atoms with Crippen LogP contribution in [0.15, 0.2) is 52.3 Å². The van der Waals surface area contributed by atoms with Gasteiger partial charge in [0, 0.05) is 31.7 Å². The highest BCUT2D eigenvalue weighted by atomic mass is 32.2. The van der Waals surface area contributed by atoms with Gasteiger partial charge < -0.3 is 10.1 Å². The molecule has 1 heterocycles. The van der Waals surface area contributed by atoms with E-state index in [1.165, 1.54) is 41.7 Å². The molecule has 0 saturated carbocycles. The Labute approximate surface area is 188 Å². The normalized spacial score (nSPS) is 14.9. The van der Waals surface area contributed by atoms with Crippen molar-refractivity contribution in [1.82, 2.24) is 14.3 Å². The van der Waals surface area contributed by atoms with Gasteiger partial charge in [0.1, 0.15) is 10.6 Å². The van der Waals surface area contributed by atoms with Crippen LogP contribution in [0.1, 0.15) is 35.7 Å². The molecule has 2 aromatic rings. The average molecular weight is 482 g/mol. The fourth-order valence-corrected chi connectivity index (χ4v) is 6.13. The molecule has 1 aliphatic heterocycles. The molecule has 2 N–H and O–H groups in total. The number of carbonyl (C=O) groups excluding carboxylic acids is 1. The summed E-state index contributed by atoms with van der Waals surface area (Å²) in [5.41, 5.74) is 0.789. The van der Waals surface area contributed by atoms with Crippen LogP contribution in [-0.4, -0.2) is 53.8 Å². The minimum atomic E-state index is -4.01. The van der Waals surface area contributed by atoms with Crippen molar-refractivity contribution in [3.63, 3.8) is 0 Å². The highest BCUT2D eigenvalue weighted by molar-refractivity contribution is 7.89. The largest absolute Gasteiger partial charge is 0.495 e. The van der Waals surface area contributed by atoms with Gasteiger partial charge in [-0.05, 0) is 55.7 Å². The van der Waals surface area contributed by atoms with Crippen LogP contribution in [0.4, 0.5) is 0 Å². The monoisotopic (exact) mass is 481 g/mol. The van der Waals surface area contributed by atoms with Gasteiger partial charge in [0.15, 0.2) is 0 Å². The van der Waals surface area contributed by atoms with Crippen molar-refractivity contribution in [2.24, 2.45) is 0 Å². The molecule has 1 aliphatic rings. The Morgan fingerprint density at radius 1 is 1.03 bits per heavy atom. The topological polar surface area (TPSA) is 122 Å². The zero-order chi connectivity index (χ0) is 23.4. The number of ether oxygens (including phenoxy) is 1. The molecule has 2 aromatic carbocycles. The standard InChI is InChI=1S/C21H27N3O6S2/c1-3-22-21(25)17-8-11-19(30-2)20(14-17)31(26,27)23-15-16-6-9-18(10-7-16)32(28,29)24-12-4-5-13-24/h6-11,14,23H,3-5,12-13,15H2,1-2H3,(H,22,25). The van der Waals surface area contributed by atoms with Crippen LogP contribution in [0.5, 0.6) is 5.75 Å². The molecule has 32 heavy (non-hydrogen) atoms. The number of nitrogens with one attached hydrogen (secondary N) is 2. The van der Waals surface area contributed by atoms with Crippen LogP contribution in [0.25, 0.3) is 0 Å². The lowest BCUT2D eigenvalue weighted by Crippen LogP contribution is -2.28. The van der Waals surface area contributed by atoms with Crippen molar-refractivity contribution in [2.45, 2.75) is 36.1 Å². The number of amides is 1. The SMILES string of the molecule is CCNC(=O)c1ccc(OC)c(S(=O)(=O)NCc2ccc(S(=O)(=O)N3CCCC3)cc2)c1. The van der Waals surface area contributed by atoms with Gasteiger partial charge in [0.05, 0.1) is 12.0 Å². The Morgan fingerprint density at radius 3 is 2.28 bits per heavy atom. The third-order valence-electron chi connectivity index (χ3n) is 5.15. The van der Waals surface area contributed by atoms with Crippen molar-refractivity contribution in [3.8, 4) is 5.75 Å². The molecule has 0 spiro atoms. The highest BCUT2D eigenvalue weighted by Gasteiger charge is 2.27. The number of hydrogen-bond acceptors (Lipinski definition) is 6. The maximum absolute atomic E-state index is 12.9. The second-order valence-electron chi connectivity index (χ2n) is 7.30. The van der Waals surface area contributed by atoms with Gasteiger partial charge in [-0.3, -0.25) is 4.79 Å². The fraction of sp³-hybridized carbons (Fsp3) is 0.381.